The highest BCUT2D eigenvalue weighted by molar-refractivity contribution is 8.11. The zero-order valence-corrected chi connectivity index (χ0v) is 61.1. The average molecular weight is 1570 g/mol. The summed E-state index contributed by atoms with van der Waals surface area (Å²) in [6.07, 6.45) is 2.40. The summed E-state index contributed by atoms with van der Waals surface area (Å²) < 4.78 is 206. The van der Waals surface area contributed by atoms with Gasteiger partial charge in [-0.1, -0.05) is 109 Å². The number of ether oxygens (including phenoxy) is 5. The van der Waals surface area contributed by atoms with E-state index in [0.717, 1.165) is 47.4 Å². The van der Waals surface area contributed by atoms with Gasteiger partial charge in [0.2, 0.25) is 0 Å². The smallest absolute Gasteiger partial charge is 0.444 e. The van der Waals surface area contributed by atoms with Crippen molar-refractivity contribution < 1.29 is 131 Å². The van der Waals surface area contributed by atoms with Crippen molar-refractivity contribution in [1.82, 2.24) is 14.7 Å². The molecule has 106 heavy (non-hydrogen) atoms. The second kappa shape index (κ2) is 38.1. The Morgan fingerprint density at radius 2 is 0.830 bits per heavy atom. The lowest BCUT2D eigenvalue weighted by atomic mass is 9.80. The van der Waals surface area contributed by atoms with Gasteiger partial charge >= 0.3 is 84.3 Å². The molecule has 5 amide bonds. The first-order chi connectivity index (χ1) is 48.9. The first-order valence-electron chi connectivity index (χ1n) is 31.7. The molecule has 4 N–H and O–H groups in total. The summed E-state index contributed by atoms with van der Waals surface area (Å²) in [5.41, 5.74) is -15.3. The van der Waals surface area contributed by atoms with Gasteiger partial charge in [-0.3, -0.25) is 15.4 Å². The fraction of sp³-hybridized carbons (Fsp3) is 0.403. The number of piperidine rings is 1. The number of amides is 5. The largest absolute Gasteiger partial charge is 0.534 e. The number of halogens is 9. The molecule has 0 aromatic heterocycles. The number of para-hydroxylation sites is 1. The van der Waals surface area contributed by atoms with Crippen LogP contribution in [0, 0.1) is 0 Å². The van der Waals surface area contributed by atoms with E-state index in [-0.39, 0.29) is 56.5 Å². The van der Waals surface area contributed by atoms with Gasteiger partial charge in [-0.15, -0.1) is 3.71 Å². The fourth-order valence-corrected chi connectivity index (χ4v) is 11.7. The van der Waals surface area contributed by atoms with Crippen LogP contribution in [0.5, 0.6) is 0 Å². The zero-order valence-electron chi connectivity index (χ0n) is 58.7. The highest BCUT2D eigenvalue weighted by atomic mass is 32.3. The van der Waals surface area contributed by atoms with Gasteiger partial charge in [0, 0.05) is 69.9 Å². The monoisotopic (exact) mass is 1570 g/mol. The third kappa shape index (κ3) is 30.1. The van der Waals surface area contributed by atoms with Crippen LogP contribution in [0.2, 0.25) is 0 Å². The van der Waals surface area contributed by atoms with Gasteiger partial charge in [0.25, 0.3) is 0 Å². The van der Waals surface area contributed by atoms with E-state index >= 15 is 0 Å². The van der Waals surface area contributed by atoms with E-state index in [1.807, 2.05) is 133 Å². The maximum Gasteiger partial charge on any atom is 0.534 e. The summed E-state index contributed by atoms with van der Waals surface area (Å²) in [4.78, 5) is 74.4. The highest BCUT2D eigenvalue weighted by Gasteiger charge is 2.62. The van der Waals surface area contributed by atoms with Crippen LogP contribution < -0.4 is 19.8 Å². The minimum atomic E-state index is -6.81. The number of nitrogens with one attached hydrogen (secondary N) is 2. The molecule has 3 heterocycles. The van der Waals surface area contributed by atoms with Crippen LogP contribution in [0.1, 0.15) is 105 Å². The topological polar surface area (TPSA) is 338 Å². The van der Waals surface area contributed by atoms with Crippen LogP contribution in [0.4, 0.5) is 80.5 Å². The second-order valence-electron chi connectivity index (χ2n) is 25.6. The van der Waals surface area contributed by atoms with E-state index in [1.165, 1.54) is 22.6 Å². The molecule has 0 spiro atoms. The Bertz CT molecular complexity index is 4110. The summed E-state index contributed by atoms with van der Waals surface area (Å²) in [6.45, 7) is 18.6. The molecule has 0 bridgehead atoms. The third-order valence-corrected chi connectivity index (χ3v) is 18.2. The summed E-state index contributed by atoms with van der Waals surface area (Å²) in [5, 5.41) is 23.2. The maximum atomic E-state index is 12.4. The minimum Gasteiger partial charge on any atom is -0.444 e. The standard InChI is InChI=1S/C24H28N2O4.C14H14BNO4.C11H16F3NO5S.C10H17NO3.C8H5F6NO4S2/c1-24(2,3)30-23(28)26-15-13-20(14-16-26)19-9-11-21(12-10-19)25-22(27)29-17-18-7-5-4-6-8-18;17-14(20-10-11-4-2-1-3-5-11)16-13-8-6-12(7-9-13)15(18)19;1-10(2,3)19-9(16)15-6-4-8(5-7-15)20-21(17,18)11(12,13)14;1-10(2,3)14-9(13)11-6-4-8(12)5-7-11;9-7(10,11)20(16,17)15(6-4-2-1-3-5-6)21(18,19)8(12,13)14/h4-13H,14-17H2,1-3H3,(H,25,27);1-9,18-19H,10H2,(H,16,17);4H,5-7H2,1-3H3;4-7H2,1-3H3;1-5H. The van der Waals surface area contributed by atoms with E-state index in [0.29, 0.717) is 68.0 Å². The molecule has 1 fully saturated rings. The number of carbonyl (C=O) groups excluding carboxylic acids is 6. The van der Waals surface area contributed by atoms with Crippen LogP contribution in [0.25, 0.3) is 5.57 Å². The summed E-state index contributed by atoms with van der Waals surface area (Å²) in [7, 11) is -20.8. The molecule has 0 radical (unpaired) electrons. The molecule has 5 aromatic rings. The number of sulfonamides is 2. The second-order valence-corrected chi connectivity index (χ2v) is 30.9. The van der Waals surface area contributed by atoms with E-state index in [4.69, 9.17) is 33.7 Å². The Morgan fingerprint density at radius 1 is 0.472 bits per heavy atom. The quantitative estimate of drug-likeness (QED) is 0.0280. The Kier molecular flexibility index (Phi) is 31.9. The van der Waals surface area contributed by atoms with Crippen molar-refractivity contribution in [2.24, 2.45) is 0 Å². The lowest BCUT2D eigenvalue weighted by Crippen LogP contribution is -2.49. The van der Waals surface area contributed by atoms with E-state index in [9.17, 15) is 93.5 Å². The minimum absolute atomic E-state index is 0.00806. The summed E-state index contributed by atoms with van der Waals surface area (Å²) in [5.74, 6) is -0.114. The number of carbonyl (C=O) groups is 6. The van der Waals surface area contributed by atoms with Crippen molar-refractivity contribution in [1.29, 1.82) is 0 Å². The highest BCUT2D eigenvalue weighted by Crippen LogP contribution is 2.39. The van der Waals surface area contributed by atoms with E-state index in [2.05, 4.69) is 14.8 Å². The Labute approximate surface area is 607 Å². The van der Waals surface area contributed by atoms with Crippen LogP contribution in [-0.4, -0.2) is 166 Å². The van der Waals surface area contributed by atoms with E-state index in [1.54, 1.807) is 42.7 Å². The number of ketones is 1. The summed E-state index contributed by atoms with van der Waals surface area (Å²) >= 11 is 0. The van der Waals surface area contributed by atoms with Gasteiger partial charge in [-0.05, 0) is 139 Å². The molecule has 5 aromatic carbocycles. The molecule has 582 valence electrons. The van der Waals surface area contributed by atoms with Crippen LogP contribution in [0.3, 0.4) is 0 Å². The molecular weight excluding hydrogens is 1490 g/mol. The lowest BCUT2D eigenvalue weighted by molar-refractivity contribution is -0.121. The fourth-order valence-electron chi connectivity index (χ4n) is 8.50. The molecule has 0 atom stereocenters. The number of hydrogen-bond acceptors (Lipinski definition) is 20. The van der Waals surface area contributed by atoms with Crippen molar-refractivity contribution in [3.63, 3.8) is 0 Å². The number of rotatable bonds is 13. The number of hydrogen-bond donors (Lipinski definition) is 4. The maximum absolute atomic E-state index is 12.4. The van der Waals surface area contributed by atoms with Crippen LogP contribution in [-0.2, 0) is 76.0 Å². The molecule has 3 aliphatic rings. The SMILES string of the molecule is CC(C)(C)OC(=O)N1CC=C(OS(=O)(=O)C(F)(F)F)CC1.CC(C)(C)OC(=O)N1CC=C(c2ccc(NC(=O)OCc3ccccc3)cc2)CC1.CC(C)(C)OC(=O)N1CCC(=O)CC1.O=C(Nc1ccc(B(O)O)cc1)OCc1ccccc1.O=S(=O)(N(c1ccccc1)S(=O)(=O)C(F)(F)F)C(F)(F)F. The normalized spacial score (nSPS) is 14.4. The van der Waals surface area contributed by atoms with Crippen molar-refractivity contribution in [3.8, 4) is 0 Å². The molecule has 0 aliphatic carbocycles. The Balaban J connectivity index is 0.000000286. The van der Waals surface area contributed by atoms with Gasteiger partial charge in [-0.2, -0.15) is 64.8 Å². The van der Waals surface area contributed by atoms with Gasteiger partial charge in [-0.25, -0.2) is 24.0 Å². The molecule has 0 saturated carbocycles. The number of likely N-dealkylation sites (tertiary alicyclic amines) is 1. The molecule has 8 rings (SSSR count). The van der Waals surface area contributed by atoms with Gasteiger partial charge in [0.05, 0.1) is 5.69 Å². The van der Waals surface area contributed by atoms with Crippen molar-refractivity contribution in [3.05, 3.63) is 174 Å². The molecular formula is C67H80BF9N6O20S3. The van der Waals surface area contributed by atoms with Crippen molar-refractivity contribution in [2.75, 3.05) is 53.6 Å². The van der Waals surface area contributed by atoms with Crippen molar-refractivity contribution in [2.45, 2.75) is 135 Å². The van der Waals surface area contributed by atoms with Crippen LogP contribution >= 0.6 is 0 Å². The van der Waals surface area contributed by atoms with E-state index < -0.39 is 98.3 Å². The first-order valence-corrected chi connectivity index (χ1v) is 36.0. The van der Waals surface area contributed by atoms with Gasteiger partial charge in [0.1, 0.15) is 41.6 Å². The first kappa shape index (κ1) is 88.8. The predicted octanol–water partition coefficient (Wildman–Crippen LogP) is 12.7. The molecule has 3 aliphatic heterocycles. The number of benzene rings is 5. The molecule has 39 heteroatoms. The van der Waals surface area contributed by atoms with Crippen molar-refractivity contribution >= 4 is 102 Å². The molecule has 1 saturated heterocycles. The Hall–Kier alpha value is -9.60. The number of anilines is 3. The van der Waals surface area contributed by atoms with Gasteiger partial charge in [0.15, 0.2) is 0 Å². The predicted molar refractivity (Wildman–Crippen MR) is 371 cm³/mol. The number of nitrogens with zero attached hydrogens (tertiary/aromatic N) is 4. The Morgan fingerprint density at radius 3 is 1.17 bits per heavy atom. The summed E-state index contributed by atoms with van der Waals surface area (Å²) in [6, 6.07) is 36.5. The van der Waals surface area contributed by atoms with Crippen LogP contribution in [0.15, 0.2) is 157 Å². The number of Topliss-reactive ketones (excluding diaryl/α,β-unsaturated/α-hetero) is 1. The number of alkyl halides is 9. The molecule has 26 nitrogen and oxygen atoms in total. The molecule has 0 unspecified atom stereocenters. The van der Waals surface area contributed by atoms with Gasteiger partial charge < -0.3 is 52.6 Å². The third-order valence-electron chi connectivity index (χ3n) is 13.5. The lowest BCUT2D eigenvalue weighted by Gasteiger charge is -2.29. The zero-order chi connectivity index (χ0) is 79.9. The average Bonchev–Trinajstić information content (AvgIpc) is 0.741.